The summed E-state index contributed by atoms with van der Waals surface area (Å²) in [4.78, 5) is 15.1. The Labute approximate surface area is 99.8 Å². The molecule has 0 aliphatic heterocycles. The van der Waals surface area contributed by atoms with Crippen molar-refractivity contribution in [2.24, 2.45) is 0 Å². The van der Waals surface area contributed by atoms with E-state index in [1.807, 2.05) is 32.0 Å². The fraction of sp³-hybridized carbons (Fsp3) is 0.143. The lowest BCUT2D eigenvalue weighted by molar-refractivity contribution is 0.0697. The highest BCUT2D eigenvalue weighted by Gasteiger charge is 2.08. The number of aryl methyl sites for hydroxylation is 2. The maximum Gasteiger partial charge on any atom is 0.335 e. The lowest BCUT2D eigenvalue weighted by Gasteiger charge is -2.09. The Morgan fingerprint density at radius 3 is 2.53 bits per heavy atom. The number of aromatic nitrogens is 1. The lowest BCUT2D eigenvalue weighted by atomic mass is 9.97. The Kier molecular flexibility index (Phi) is 2.91. The van der Waals surface area contributed by atoms with Crippen LogP contribution in [0.25, 0.3) is 11.1 Å². The zero-order valence-corrected chi connectivity index (χ0v) is 9.77. The van der Waals surface area contributed by atoms with Crippen LogP contribution in [0, 0.1) is 13.8 Å². The first kappa shape index (κ1) is 11.3. The first-order valence-corrected chi connectivity index (χ1v) is 5.35. The van der Waals surface area contributed by atoms with Gasteiger partial charge in [0.15, 0.2) is 0 Å². The maximum absolute atomic E-state index is 10.9. The molecule has 0 fully saturated rings. The van der Waals surface area contributed by atoms with Crippen LogP contribution < -0.4 is 0 Å². The van der Waals surface area contributed by atoms with Crippen LogP contribution in [0.1, 0.15) is 21.6 Å². The summed E-state index contributed by atoms with van der Waals surface area (Å²) in [5.74, 6) is -0.900. The number of benzene rings is 1. The molecular formula is C14H13NO2. The number of hydrogen-bond donors (Lipinski definition) is 1. The van der Waals surface area contributed by atoms with E-state index in [9.17, 15) is 4.79 Å². The molecule has 1 heterocycles. The van der Waals surface area contributed by atoms with E-state index in [4.69, 9.17) is 5.11 Å². The van der Waals surface area contributed by atoms with Crippen LogP contribution in [0.2, 0.25) is 0 Å². The minimum absolute atomic E-state index is 0.313. The number of carbonyl (C=O) groups is 1. The molecule has 0 atom stereocenters. The Bertz CT molecular complexity index is 576. The SMILES string of the molecule is Cc1cc(C(=O)O)ccc1-c1cccnc1C. The third-order valence-corrected chi connectivity index (χ3v) is 2.77. The van der Waals surface area contributed by atoms with Gasteiger partial charge in [0.05, 0.1) is 5.56 Å². The highest BCUT2D eigenvalue weighted by molar-refractivity contribution is 5.89. The number of carboxylic acids is 1. The van der Waals surface area contributed by atoms with Gasteiger partial charge in [-0.15, -0.1) is 0 Å². The summed E-state index contributed by atoms with van der Waals surface area (Å²) >= 11 is 0. The summed E-state index contributed by atoms with van der Waals surface area (Å²) in [6, 6.07) is 9.02. The third-order valence-electron chi connectivity index (χ3n) is 2.77. The smallest absolute Gasteiger partial charge is 0.335 e. The highest BCUT2D eigenvalue weighted by Crippen LogP contribution is 2.25. The fourth-order valence-electron chi connectivity index (χ4n) is 1.87. The molecule has 0 saturated heterocycles. The van der Waals surface area contributed by atoms with Gasteiger partial charge in [-0.05, 0) is 43.2 Å². The van der Waals surface area contributed by atoms with Crippen LogP contribution in [0.5, 0.6) is 0 Å². The molecule has 0 spiro atoms. The van der Waals surface area contributed by atoms with Gasteiger partial charge in [-0.3, -0.25) is 4.98 Å². The molecule has 0 saturated carbocycles. The van der Waals surface area contributed by atoms with Gasteiger partial charge < -0.3 is 5.11 Å². The van der Waals surface area contributed by atoms with Crippen molar-refractivity contribution in [3.63, 3.8) is 0 Å². The number of carboxylic acid groups (broad SMARTS) is 1. The molecule has 3 nitrogen and oxygen atoms in total. The Balaban J connectivity index is 2.55. The van der Waals surface area contributed by atoms with Gasteiger partial charge in [-0.2, -0.15) is 0 Å². The summed E-state index contributed by atoms with van der Waals surface area (Å²) in [7, 11) is 0. The van der Waals surface area contributed by atoms with Gasteiger partial charge in [0.2, 0.25) is 0 Å². The van der Waals surface area contributed by atoms with Crippen molar-refractivity contribution in [1.29, 1.82) is 0 Å². The number of pyridine rings is 1. The van der Waals surface area contributed by atoms with E-state index in [0.29, 0.717) is 5.56 Å². The molecule has 3 heteroatoms. The van der Waals surface area contributed by atoms with Crippen LogP contribution >= 0.6 is 0 Å². The van der Waals surface area contributed by atoms with Crippen molar-refractivity contribution in [2.75, 3.05) is 0 Å². The second-order valence-electron chi connectivity index (χ2n) is 3.97. The summed E-state index contributed by atoms with van der Waals surface area (Å²) in [5.41, 5.74) is 4.27. The number of aromatic carboxylic acids is 1. The van der Waals surface area contributed by atoms with E-state index in [1.54, 1.807) is 18.3 Å². The number of nitrogens with zero attached hydrogens (tertiary/aromatic N) is 1. The summed E-state index contributed by atoms with van der Waals surface area (Å²) in [6.07, 6.45) is 1.75. The van der Waals surface area contributed by atoms with Crippen molar-refractivity contribution < 1.29 is 9.90 Å². The maximum atomic E-state index is 10.9. The molecule has 1 aromatic heterocycles. The normalized spacial score (nSPS) is 10.2. The second kappa shape index (κ2) is 4.37. The zero-order valence-electron chi connectivity index (χ0n) is 9.77. The third kappa shape index (κ3) is 2.18. The molecular weight excluding hydrogens is 214 g/mol. The topological polar surface area (TPSA) is 50.2 Å². The van der Waals surface area contributed by atoms with E-state index >= 15 is 0 Å². The predicted molar refractivity (Wildman–Crippen MR) is 66.1 cm³/mol. The molecule has 0 bridgehead atoms. The molecule has 17 heavy (non-hydrogen) atoms. The van der Waals surface area contributed by atoms with Gasteiger partial charge in [0.25, 0.3) is 0 Å². The van der Waals surface area contributed by atoms with E-state index in [1.165, 1.54) is 0 Å². The predicted octanol–water partition coefficient (Wildman–Crippen LogP) is 3.06. The average molecular weight is 227 g/mol. The molecule has 0 aliphatic rings. The van der Waals surface area contributed by atoms with E-state index in [-0.39, 0.29) is 0 Å². The summed E-state index contributed by atoms with van der Waals surface area (Å²) < 4.78 is 0. The average Bonchev–Trinajstić information content (AvgIpc) is 2.30. The Hall–Kier alpha value is -2.16. The van der Waals surface area contributed by atoms with Gasteiger partial charge in [0.1, 0.15) is 0 Å². The van der Waals surface area contributed by atoms with Crippen molar-refractivity contribution in [1.82, 2.24) is 4.98 Å². The summed E-state index contributed by atoms with van der Waals surface area (Å²) in [5, 5.41) is 8.91. The second-order valence-corrected chi connectivity index (χ2v) is 3.97. The van der Waals surface area contributed by atoms with E-state index in [0.717, 1.165) is 22.4 Å². The van der Waals surface area contributed by atoms with Crippen LogP contribution in [0.15, 0.2) is 36.5 Å². The molecule has 0 amide bonds. The molecule has 0 radical (unpaired) electrons. The Morgan fingerprint density at radius 2 is 1.94 bits per heavy atom. The highest BCUT2D eigenvalue weighted by atomic mass is 16.4. The zero-order chi connectivity index (χ0) is 12.4. The summed E-state index contributed by atoms with van der Waals surface area (Å²) in [6.45, 7) is 3.86. The van der Waals surface area contributed by atoms with Crippen LogP contribution in [0.3, 0.4) is 0 Å². The molecule has 2 rings (SSSR count). The Morgan fingerprint density at radius 1 is 1.18 bits per heavy atom. The first-order valence-electron chi connectivity index (χ1n) is 5.35. The van der Waals surface area contributed by atoms with Crippen LogP contribution in [-0.2, 0) is 0 Å². The van der Waals surface area contributed by atoms with Gasteiger partial charge in [0, 0.05) is 17.5 Å². The van der Waals surface area contributed by atoms with Crippen LogP contribution in [-0.4, -0.2) is 16.1 Å². The van der Waals surface area contributed by atoms with Crippen LogP contribution in [0.4, 0.5) is 0 Å². The number of hydrogen-bond acceptors (Lipinski definition) is 2. The lowest BCUT2D eigenvalue weighted by Crippen LogP contribution is -1.98. The van der Waals surface area contributed by atoms with E-state index < -0.39 is 5.97 Å². The standard InChI is InChI=1S/C14H13NO2/c1-9-8-11(14(16)17)5-6-12(9)13-4-3-7-15-10(13)2/h3-8H,1-2H3,(H,16,17). The fourth-order valence-corrected chi connectivity index (χ4v) is 1.87. The van der Waals surface area contributed by atoms with E-state index in [2.05, 4.69) is 4.98 Å². The number of rotatable bonds is 2. The molecule has 0 unspecified atom stereocenters. The minimum Gasteiger partial charge on any atom is -0.478 e. The van der Waals surface area contributed by atoms with Crippen molar-refractivity contribution in [2.45, 2.75) is 13.8 Å². The molecule has 86 valence electrons. The van der Waals surface area contributed by atoms with Crippen molar-refractivity contribution in [3.8, 4) is 11.1 Å². The molecule has 1 aromatic carbocycles. The van der Waals surface area contributed by atoms with Crippen molar-refractivity contribution >= 4 is 5.97 Å². The largest absolute Gasteiger partial charge is 0.478 e. The quantitative estimate of drug-likeness (QED) is 0.857. The van der Waals surface area contributed by atoms with Gasteiger partial charge in [-0.1, -0.05) is 12.1 Å². The van der Waals surface area contributed by atoms with Gasteiger partial charge >= 0.3 is 5.97 Å². The van der Waals surface area contributed by atoms with Crippen molar-refractivity contribution in [3.05, 3.63) is 53.3 Å². The minimum atomic E-state index is -0.900. The molecule has 1 N–H and O–H groups in total. The monoisotopic (exact) mass is 227 g/mol. The first-order chi connectivity index (χ1) is 8.09. The molecule has 2 aromatic rings. The van der Waals surface area contributed by atoms with Gasteiger partial charge in [-0.25, -0.2) is 4.79 Å². The molecule has 0 aliphatic carbocycles.